The van der Waals surface area contributed by atoms with Crippen molar-refractivity contribution < 1.29 is 28.2 Å². The molecule has 3 fully saturated rings. The fraction of sp³-hybridized carbons (Fsp3) is 0.500. The van der Waals surface area contributed by atoms with Gasteiger partial charge in [-0.25, -0.2) is 9.50 Å². The van der Waals surface area contributed by atoms with E-state index in [1.807, 2.05) is 4.90 Å². The molecule has 4 aromatic rings. The van der Waals surface area contributed by atoms with Gasteiger partial charge in [0.1, 0.15) is 18.0 Å². The van der Waals surface area contributed by atoms with Crippen LogP contribution in [0.25, 0.3) is 16.9 Å². The lowest BCUT2D eigenvalue weighted by atomic mass is 10.0. The Bertz CT molecular complexity index is 1720. The molecule has 2 N–H and O–H groups in total. The minimum Gasteiger partial charge on any atom is -0.434 e. The van der Waals surface area contributed by atoms with Crippen LogP contribution in [0.1, 0.15) is 18.2 Å². The molecule has 0 saturated carbocycles. The van der Waals surface area contributed by atoms with Crippen molar-refractivity contribution in [3.8, 4) is 17.0 Å². The molecule has 48 heavy (non-hydrogen) atoms. The van der Waals surface area contributed by atoms with Gasteiger partial charge in [-0.2, -0.15) is 19.0 Å². The third kappa shape index (κ3) is 7.25. The largest absolute Gasteiger partial charge is 0.434 e. The number of rotatable bonds is 12. The summed E-state index contributed by atoms with van der Waals surface area (Å²) in [6, 6.07) is 5.93. The molecule has 3 saturated heterocycles. The number of halogens is 3. The van der Waals surface area contributed by atoms with Crippen LogP contribution in [0.4, 0.5) is 14.5 Å². The second kappa shape index (κ2) is 14.3. The van der Waals surface area contributed by atoms with Crippen molar-refractivity contribution in [3.05, 3.63) is 59.6 Å². The summed E-state index contributed by atoms with van der Waals surface area (Å²) < 4.78 is 39.9. The zero-order valence-corrected chi connectivity index (χ0v) is 27.1. The summed E-state index contributed by atoms with van der Waals surface area (Å²) in [7, 11) is 0. The maximum absolute atomic E-state index is 13.6. The average molecular weight is 686 g/mol. The number of nitrogens with one attached hydrogen (secondary N) is 1. The highest BCUT2D eigenvalue weighted by atomic mass is 35.5. The predicted octanol–water partition coefficient (Wildman–Crippen LogP) is 3.06. The SMILES string of the molecule is O=C(Cn1cc(NC(O)c2cnn3cccnc23)c(-c2cc(Cl)ccc2OC(F)F)n1)N1C[C@H]2CN(CCCN3CCOCC3)C[C@H]2C1. The summed E-state index contributed by atoms with van der Waals surface area (Å²) in [5.41, 5.74) is 1.44. The van der Waals surface area contributed by atoms with Crippen LogP contribution < -0.4 is 10.1 Å². The number of alkyl halides is 2. The fourth-order valence-corrected chi connectivity index (χ4v) is 7.19. The number of hydrogen-bond donors (Lipinski definition) is 2. The van der Waals surface area contributed by atoms with Crippen molar-refractivity contribution >= 4 is 28.8 Å². The minimum atomic E-state index is -3.09. The Hall–Kier alpha value is -3.89. The predicted molar refractivity (Wildman–Crippen MR) is 173 cm³/mol. The number of carbonyl (C=O) groups excluding carboxylic acids is 1. The van der Waals surface area contributed by atoms with Crippen LogP contribution in [0.3, 0.4) is 0 Å². The summed E-state index contributed by atoms with van der Waals surface area (Å²) in [5, 5.41) is 23.3. The first-order chi connectivity index (χ1) is 23.3. The molecule has 1 amide bonds. The number of benzene rings is 1. The Labute approximate surface area is 281 Å². The van der Waals surface area contributed by atoms with E-state index >= 15 is 0 Å². The van der Waals surface area contributed by atoms with Crippen molar-refractivity contribution in [2.75, 3.05) is 70.9 Å². The quantitative estimate of drug-likeness (QED) is 0.215. The number of morpholine rings is 1. The van der Waals surface area contributed by atoms with Gasteiger partial charge < -0.3 is 29.7 Å². The summed E-state index contributed by atoms with van der Waals surface area (Å²) in [5.74, 6) is 0.616. The van der Waals surface area contributed by atoms with Crippen molar-refractivity contribution in [3.63, 3.8) is 0 Å². The van der Waals surface area contributed by atoms with Gasteiger partial charge in [-0.1, -0.05) is 11.6 Å². The zero-order chi connectivity index (χ0) is 33.2. The summed E-state index contributed by atoms with van der Waals surface area (Å²) in [4.78, 5) is 24.7. The number of likely N-dealkylation sites (tertiary alicyclic amines) is 2. The Balaban J connectivity index is 1.04. The van der Waals surface area contributed by atoms with Gasteiger partial charge in [0.15, 0.2) is 11.9 Å². The van der Waals surface area contributed by atoms with Crippen LogP contribution in [-0.2, 0) is 16.1 Å². The Morgan fingerprint density at radius 2 is 1.90 bits per heavy atom. The highest BCUT2D eigenvalue weighted by Crippen LogP contribution is 2.38. The molecule has 6 heterocycles. The first-order valence-electron chi connectivity index (χ1n) is 16.2. The van der Waals surface area contributed by atoms with Crippen molar-refractivity contribution in [1.82, 2.24) is 39.1 Å². The van der Waals surface area contributed by atoms with E-state index < -0.39 is 12.8 Å². The molecule has 3 aliphatic heterocycles. The molecule has 16 heteroatoms. The van der Waals surface area contributed by atoms with E-state index in [0.717, 1.165) is 58.9 Å². The normalized spacial score (nSPS) is 20.9. The number of anilines is 1. The third-order valence-corrected chi connectivity index (χ3v) is 9.57. The van der Waals surface area contributed by atoms with E-state index in [-0.39, 0.29) is 40.2 Å². The first kappa shape index (κ1) is 32.6. The van der Waals surface area contributed by atoms with E-state index in [1.54, 1.807) is 24.7 Å². The molecule has 1 aromatic carbocycles. The van der Waals surface area contributed by atoms with E-state index in [9.17, 15) is 18.7 Å². The van der Waals surface area contributed by atoms with Gasteiger partial charge >= 0.3 is 6.61 Å². The average Bonchev–Trinajstić information content (AvgIpc) is 3.85. The van der Waals surface area contributed by atoms with Crippen molar-refractivity contribution in [1.29, 1.82) is 0 Å². The molecule has 1 unspecified atom stereocenters. The molecule has 3 aliphatic rings. The van der Waals surface area contributed by atoms with E-state index in [2.05, 4.69) is 30.3 Å². The molecule has 3 atom stereocenters. The summed E-state index contributed by atoms with van der Waals surface area (Å²) in [6.45, 7) is 5.94. The van der Waals surface area contributed by atoms with Crippen molar-refractivity contribution in [2.45, 2.75) is 25.8 Å². The zero-order valence-electron chi connectivity index (χ0n) is 26.3. The van der Waals surface area contributed by atoms with E-state index in [4.69, 9.17) is 21.1 Å². The molecular formula is C32H38ClF2N9O4. The molecule has 13 nitrogen and oxygen atoms in total. The van der Waals surface area contributed by atoms with Gasteiger partial charge in [0.2, 0.25) is 5.91 Å². The van der Waals surface area contributed by atoms with Crippen LogP contribution in [0.5, 0.6) is 5.75 Å². The monoisotopic (exact) mass is 685 g/mol. The maximum Gasteiger partial charge on any atom is 0.387 e. The van der Waals surface area contributed by atoms with Crippen LogP contribution in [0.15, 0.2) is 49.1 Å². The number of carbonyl (C=O) groups is 1. The molecule has 0 aliphatic carbocycles. The molecule has 3 aromatic heterocycles. The highest BCUT2D eigenvalue weighted by Gasteiger charge is 2.41. The van der Waals surface area contributed by atoms with Crippen molar-refractivity contribution in [2.24, 2.45) is 11.8 Å². The minimum absolute atomic E-state index is 0.0721. The van der Waals surface area contributed by atoms with Gasteiger partial charge in [0.25, 0.3) is 0 Å². The number of hydrogen-bond acceptors (Lipinski definition) is 10. The van der Waals surface area contributed by atoms with E-state index in [0.29, 0.717) is 36.1 Å². The van der Waals surface area contributed by atoms with Gasteiger partial charge in [-0.15, -0.1) is 0 Å². The number of nitrogens with zero attached hydrogens (tertiary/aromatic N) is 8. The summed E-state index contributed by atoms with van der Waals surface area (Å²) >= 11 is 6.27. The first-order valence-corrected chi connectivity index (χ1v) is 16.5. The molecule has 7 rings (SSSR count). The van der Waals surface area contributed by atoms with Gasteiger partial charge in [0, 0.05) is 68.4 Å². The van der Waals surface area contributed by atoms with Crippen LogP contribution >= 0.6 is 11.6 Å². The topological polar surface area (TPSA) is 126 Å². The lowest BCUT2D eigenvalue weighted by Crippen LogP contribution is -2.38. The molecule has 256 valence electrons. The summed E-state index contributed by atoms with van der Waals surface area (Å²) in [6.07, 6.45) is 6.16. The highest BCUT2D eigenvalue weighted by molar-refractivity contribution is 6.31. The standard InChI is InChI=1S/C32H38ClF2N9O4/c33-23-3-4-27(48-32(34)35)24(13-23)29-26(38-31(46)25-14-37-44-8-1-5-36-30(25)44)19-43(39-29)20-28(45)42-17-21-15-41(16-22(21)18-42)7-2-6-40-9-11-47-12-10-40/h1,3-5,8,13-14,19,21-22,31-32,38,46H,2,6-7,9-12,15-18,20H2/t21-,22+,31?. The molecule has 0 spiro atoms. The second-order valence-electron chi connectivity index (χ2n) is 12.5. The molecule has 0 radical (unpaired) electrons. The Morgan fingerprint density at radius 1 is 1.12 bits per heavy atom. The number of ether oxygens (including phenoxy) is 2. The molecular weight excluding hydrogens is 648 g/mol. The Kier molecular flexibility index (Phi) is 9.73. The number of aliphatic hydroxyl groups is 1. The third-order valence-electron chi connectivity index (χ3n) is 9.33. The fourth-order valence-electron chi connectivity index (χ4n) is 7.01. The molecule has 0 bridgehead atoms. The smallest absolute Gasteiger partial charge is 0.387 e. The van der Waals surface area contributed by atoms with E-state index in [1.165, 1.54) is 33.6 Å². The van der Waals surface area contributed by atoms with Crippen LogP contribution in [0.2, 0.25) is 5.02 Å². The lowest BCUT2D eigenvalue weighted by molar-refractivity contribution is -0.131. The van der Waals surface area contributed by atoms with Gasteiger partial charge in [-0.3, -0.25) is 14.4 Å². The Morgan fingerprint density at radius 3 is 2.67 bits per heavy atom. The van der Waals surface area contributed by atoms with Gasteiger partial charge in [0.05, 0.1) is 30.7 Å². The number of fused-ring (bicyclic) bond motifs is 2. The lowest BCUT2D eigenvalue weighted by Gasteiger charge is -2.27. The maximum atomic E-state index is 13.6. The number of aliphatic hydroxyl groups excluding tert-OH is 1. The number of aromatic nitrogens is 5. The van der Waals surface area contributed by atoms with Crippen LogP contribution in [-0.4, -0.2) is 122 Å². The number of amides is 1. The van der Waals surface area contributed by atoms with Gasteiger partial charge in [-0.05, 0) is 55.6 Å². The second-order valence-corrected chi connectivity index (χ2v) is 13.0. The van der Waals surface area contributed by atoms with Crippen LogP contribution in [0, 0.1) is 11.8 Å².